The highest BCUT2D eigenvalue weighted by Crippen LogP contribution is 2.16. The summed E-state index contributed by atoms with van der Waals surface area (Å²) in [6, 6.07) is 6.78. The molecular weight excluding hydrogens is 334 g/mol. The highest BCUT2D eigenvalue weighted by atomic mass is 16.5. The molecule has 0 aliphatic carbocycles. The lowest BCUT2D eigenvalue weighted by Gasteiger charge is -2.24. The number of nitrogens with one attached hydrogen (secondary N) is 2. The smallest absolute Gasteiger partial charge is 0.407 e. The molecule has 1 aromatic carbocycles. The standard InChI is InChI=1S/C18H25N5O3/c1-5-26-18(25)22-16(12(2)3)17(24)21-13(4)14-6-8-15(9-7-14)23-11-19-10-20-23/h6-13,16H,5H2,1-4H3,(H,21,24)(H,22,25)/t13-,16+/m0/s1. The Kier molecular flexibility index (Phi) is 6.71. The molecule has 0 unspecified atom stereocenters. The van der Waals surface area contributed by atoms with Gasteiger partial charge < -0.3 is 15.4 Å². The highest BCUT2D eigenvalue weighted by Gasteiger charge is 2.26. The van der Waals surface area contributed by atoms with Crippen molar-refractivity contribution in [2.75, 3.05) is 6.61 Å². The first kappa shape index (κ1) is 19.4. The Morgan fingerprint density at radius 3 is 2.38 bits per heavy atom. The van der Waals surface area contributed by atoms with Gasteiger partial charge in [0.1, 0.15) is 18.7 Å². The molecule has 1 aromatic heterocycles. The Bertz CT molecular complexity index is 713. The Labute approximate surface area is 153 Å². The number of benzene rings is 1. The molecule has 2 aromatic rings. The molecular formula is C18H25N5O3. The van der Waals surface area contributed by atoms with Crippen molar-refractivity contribution in [1.82, 2.24) is 25.4 Å². The summed E-state index contributed by atoms with van der Waals surface area (Å²) >= 11 is 0. The fourth-order valence-corrected chi connectivity index (χ4v) is 2.48. The molecule has 0 aliphatic rings. The maximum atomic E-state index is 12.6. The number of carbonyl (C=O) groups is 2. The van der Waals surface area contributed by atoms with Crippen LogP contribution in [0.5, 0.6) is 0 Å². The molecule has 140 valence electrons. The summed E-state index contributed by atoms with van der Waals surface area (Å²) in [5.41, 5.74) is 1.83. The van der Waals surface area contributed by atoms with Gasteiger partial charge in [-0.05, 0) is 37.5 Å². The van der Waals surface area contributed by atoms with E-state index >= 15 is 0 Å². The van der Waals surface area contributed by atoms with Crippen LogP contribution in [0.25, 0.3) is 5.69 Å². The van der Waals surface area contributed by atoms with Crippen LogP contribution in [0.3, 0.4) is 0 Å². The van der Waals surface area contributed by atoms with E-state index in [1.165, 1.54) is 6.33 Å². The van der Waals surface area contributed by atoms with Crippen LogP contribution in [-0.2, 0) is 9.53 Å². The van der Waals surface area contributed by atoms with E-state index < -0.39 is 12.1 Å². The molecule has 2 amide bonds. The van der Waals surface area contributed by atoms with Gasteiger partial charge in [0.2, 0.25) is 5.91 Å². The second-order valence-electron chi connectivity index (χ2n) is 6.25. The molecule has 0 saturated carbocycles. The van der Waals surface area contributed by atoms with E-state index in [0.29, 0.717) is 0 Å². The maximum Gasteiger partial charge on any atom is 0.407 e. The van der Waals surface area contributed by atoms with Crippen LogP contribution in [0.15, 0.2) is 36.9 Å². The first-order valence-electron chi connectivity index (χ1n) is 8.61. The lowest BCUT2D eigenvalue weighted by Crippen LogP contribution is -2.50. The van der Waals surface area contributed by atoms with Gasteiger partial charge in [-0.15, -0.1) is 0 Å². The van der Waals surface area contributed by atoms with Crippen molar-refractivity contribution in [3.8, 4) is 5.69 Å². The number of ether oxygens (including phenoxy) is 1. The molecule has 26 heavy (non-hydrogen) atoms. The highest BCUT2D eigenvalue weighted by molar-refractivity contribution is 5.86. The molecule has 0 radical (unpaired) electrons. The number of amides is 2. The van der Waals surface area contributed by atoms with Crippen molar-refractivity contribution in [3.05, 3.63) is 42.5 Å². The second kappa shape index (κ2) is 8.98. The van der Waals surface area contributed by atoms with Gasteiger partial charge in [0, 0.05) is 0 Å². The lowest BCUT2D eigenvalue weighted by molar-refractivity contribution is -0.124. The zero-order valence-electron chi connectivity index (χ0n) is 15.5. The van der Waals surface area contributed by atoms with Crippen molar-refractivity contribution in [2.45, 2.75) is 39.8 Å². The quantitative estimate of drug-likeness (QED) is 0.790. The summed E-state index contributed by atoms with van der Waals surface area (Å²) < 4.78 is 6.53. The monoisotopic (exact) mass is 359 g/mol. The molecule has 0 spiro atoms. The van der Waals surface area contributed by atoms with Crippen LogP contribution in [0.4, 0.5) is 4.79 Å². The average molecular weight is 359 g/mol. The minimum absolute atomic E-state index is 0.0682. The summed E-state index contributed by atoms with van der Waals surface area (Å²) in [4.78, 5) is 28.1. The zero-order valence-corrected chi connectivity index (χ0v) is 15.5. The third-order valence-electron chi connectivity index (χ3n) is 3.93. The lowest BCUT2D eigenvalue weighted by atomic mass is 10.0. The normalized spacial score (nSPS) is 13.1. The summed E-state index contributed by atoms with van der Waals surface area (Å²) in [5, 5.41) is 9.62. The topological polar surface area (TPSA) is 98.1 Å². The summed E-state index contributed by atoms with van der Waals surface area (Å²) in [6.07, 6.45) is 2.50. The number of aromatic nitrogens is 3. The summed E-state index contributed by atoms with van der Waals surface area (Å²) in [6.45, 7) is 7.61. The van der Waals surface area contributed by atoms with Crippen molar-refractivity contribution >= 4 is 12.0 Å². The molecule has 0 aliphatic heterocycles. The van der Waals surface area contributed by atoms with Gasteiger partial charge in [0.05, 0.1) is 18.3 Å². The van der Waals surface area contributed by atoms with Crippen molar-refractivity contribution in [1.29, 1.82) is 0 Å². The fraction of sp³-hybridized carbons (Fsp3) is 0.444. The Balaban J connectivity index is 2.01. The maximum absolute atomic E-state index is 12.6. The van der Waals surface area contributed by atoms with Crippen LogP contribution < -0.4 is 10.6 Å². The van der Waals surface area contributed by atoms with Gasteiger partial charge in [-0.3, -0.25) is 4.79 Å². The molecule has 8 nitrogen and oxygen atoms in total. The fourth-order valence-electron chi connectivity index (χ4n) is 2.48. The van der Waals surface area contributed by atoms with Crippen LogP contribution in [0.2, 0.25) is 0 Å². The van der Waals surface area contributed by atoms with E-state index in [1.54, 1.807) is 17.9 Å². The largest absolute Gasteiger partial charge is 0.450 e. The van der Waals surface area contributed by atoms with Gasteiger partial charge in [-0.2, -0.15) is 5.10 Å². The molecule has 2 N–H and O–H groups in total. The van der Waals surface area contributed by atoms with Crippen LogP contribution in [-0.4, -0.2) is 39.4 Å². The number of rotatable bonds is 7. The predicted octanol–water partition coefficient (Wildman–Crippen LogP) is 2.22. The van der Waals surface area contributed by atoms with Crippen LogP contribution in [0, 0.1) is 5.92 Å². The number of carbonyl (C=O) groups excluding carboxylic acids is 2. The molecule has 0 saturated heterocycles. The van der Waals surface area contributed by atoms with E-state index in [-0.39, 0.29) is 24.5 Å². The van der Waals surface area contributed by atoms with E-state index in [0.717, 1.165) is 11.3 Å². The van der Waals surface area contributed by atoms with Gasteiger partial charge in [-0.25, -0.2) is 14.5 Å². The number of hydrogen-bond acceptors (Lipinski definition) is 5. The Morgan fingerprint density at radius 2 is 1.85 bits per heavy atom. The number of alkyl carbamates (subject to hydrolysis) is 1. The molecule has 0 bridgehead atoms. The summed E-state index contributed by atoms with van der Waals surface area (Å²) in [5.74, 6) is -0.317. The molecule has 0 fully saturated rings. The van der Waals surface area contributed by atoms with Gasteiger partial charge >= 0.3 is 6.09 Å². The summed E-state index contributed by atoms with van der Waals surface area (Å²) in [7, 11) is 0. The SMILES string of the molecule is CCOC(=O)N[C@@H](C(=O)N[C@@H](C)c1ccc(-n2cncn2)cc1)C(C)C. The van der Waals surface area contributed by atoms with E-state index in [1.807, 2.05) is 45.0 Å². The molecule has 1 heterocycles. The first-order chi connectivity index (χ1) is 12.4. The van der Waals surface area contributed by atoms with Crippen LogP contribution in [0.1, 0.15) is 39.3 Å². The third kappa shape index (κ3) is 5.05. The number of nitrogens with zero attached hydrogens (tertiary/aromatic N) is 3. The zero-order chi connectivity index (χ0) is 19.1. The Morgan fingerprint density at radius 1 is 1.15 bits per heavy atom. The van der Waals surface area contributed by atoms with E-state index in [9.17, 15) is 9.59 Å². The van der Waals surface area contributed by atoms with Gasteiger partial charge in [0.25, 0.3) is 0 Å². The second-order valence-corrected chi connectivity index (χ2v) is 6.25. The third-order valence-corrected chi connectivity index (χ3v) is 3.93. The van der Waals surface area contributed by atoms with Gasteiger partial charge in [-0.1, -0.05) is 26.0 Å². The average Bonchev–Trinajstić information content (AvgIpc) is 3.14. The Hall–Kier alpha value is -2.90. The van der Waals surface area contributed by atoms with Gasteiger partial charge in [0.15, 0.2) is 0 Å². The van der Waals surface area contributed by atoms with E-state index in [4.69, 9.17) is 4.74 Å². The van der Waals surface area contributed by atoms with Crippen molar-refractivity contribution in [2.24, 2.45) is 5.92 Å². The van der Waals surface area contributed by atoms with E-state index in [2.05, 4.69) is 20.7 Å². The van der Waals surface area contributed by atoms with Crippen molar-refractivity contribution < 1.29 is 14.3 Å². The minimum Gasteiger partial charge on any atom is -0.450 e. The number of hydrogen-bond donors (Lipinski definition) is 2. The van der Waals surface area contributed by atoms with Crippen molar-refractivity contribution in [3.63, 3.8) is 0 Å². The predicted molar refractivity (Wildman–Crippen MR) is 96.7 cm³/mol. The minimum atomic E-state index is -0.661. The molecule has 2 rings (SSSR count). The van der Waals surface area contributed by atoms with Crippen LogP contribution >= 0.6 is 0 Å². The molecule has 8 heteroatoms. The first-order valence-corrected chi connectivity index (χ1v) is 8.61. The molecule has 2 atom stereocenters.